The first kappa shape index (κ1) is 21.8. The quantitative estimate of drug-likeness (QED) is 0.560. The molecule has 0 spiro atoms. The van der Waals surface area contributed by atoms with Crippen LogP contribution in [0.4, 0.5) is 0 Å². The number of rotatable bonds is 7. The highest BCUT2D eigenvalue weighted by Gasteiger charge is 2.33. The minimum Gasteiger partial charge on any atom is -0.504 e. The van der Waals surface area contributed by atoms with E-state index in [0.717, 1.165) is 19.3 Å². The van der Waals surface area contributed by atoms with Crippen LogP contribution in [-0.2, 0) is 19.1 Å². The molecule has 0 bridgehead atoms. The number of esters is 2. The maximum atomic E-state index is 12.1. The zero-order chi connectivity index (χ0) is 20.7. The van der Waals surface area contributed by atoms with Gasteiger partial charge in [0.2, 0.25) is 0 Å². The molecule has 0 radical (unpaired) electrons. The molecule has 0 heterocycles. The highest BCUT2D eigenvalue weighted by Crippen LogP contribution is 2.35. The summed E-state index contributed by atoms with van der Waals surface area (Å²) in [5, 5.41) is 9.57. The Kier molecular flexibility index (Phi) is 7.91. The fourth-order valence-corrected chi connectivity index (χ4v) is 3.59. The van der Waals surface area contributed by atoms with Crippen LogP contribution >= 0.6 is 0 Å². The van der Waals surface area contributed by atoms with Gasteiger partial charge >= 0.3 is 11.9 Å². The highest BCUT2D eigenvalue weighted by molar-refractivity contribution is 5.88. The van der Waals surface area contributed by atoms with Crippen LogP contribution in [0.15, 0.2) is 24.3 Å². The van der Waals surface area contributed by atoms with Crippen LogP contribution in [0.25, 0.3) is 6.08 Å². The summed E-state index contributed by atoms with van der Waals surface area (Å²) in [5.74, 6) is 0.486. The summed E-state index contributed by atoms with van der Waals surface area (Å²) in [5.41, 5.74) is 0.658. The molecule has 0 unspecified atom stereocenters. The van der Waals surface area contributed by atoms with Gasteiger partial charge < -0.3 is 19.3 Å². The normalized spacial score (nSPS) is 22.2. The molecule has 3 atom stereocenters. The first-order chi connectivity index (χ1) is 13.3. The van der Waals surface area contributed by atoms with Crippen molar-refractivity contribution in [2.24, 2.45) is 17.8 Å². The maximum absolute atomic E-state index is 12.1. The van der Waals surface area contributed by atoms with E-state index in [0.29, 0.717) is 29.1 Å². The molecule has 1 aliphatic rings. The second kappa shape index (κ2) is 10.2. The second-order valence-corrected chi connectivity index (χ2v) is 7.73. The van der Waals surface area contributed by atoms with Crippen molar-refractivity contribution in [1.82, 2.24) is 0 Å². The zero-order valence-electron chi connectivity index (χ0n) is 17.0. The lowest BCUT2D eigenvalue weighted by molar-refractivity contribution is -0.165. The molecule has 0 aliphatic heterocycles. The van der Waals surface area contributed by atoms with Crippen molar-refractivity contribution >= 4 is 18.0 Å². The summed E-state index contributed by atoms with van der Waals surface area (Å²) in [7, 11) is 1.44. The van der Waals surface area contributed by atoms with Crippen molar-refractivity contribution in [3.05, 3.63) is 29.8 Å². The van der Waals surface area contributed by atoms with E-state index in [1.807, 2.05) is 0 Å². The Bertz CT molecular complexity index is 709. The van der Waals surface area contributed by atoms with Gasteiger partial charge in [0.15, 0.2) is 18.1 Å². The summed E-state index contributed by atoms with van der Waals surface area (Å²) in [6.07, 6.45) is 5.68. The molecule has 2 rings (SSSR count). The van der Waals surface area contributed by atoms with Gasteiger partial charge in [0, 0.05) is 6.08 Å². The molecule has 0 aromatic heterocycles. The maximum Gasteiger partial charge on any atom is 0.344 e. The number of ether oxygens (including phenoxy) is 3. The van der Waals surface area contributed by atoms with Crippen molar-refractivity contribution in [1.29, 1.82) is 0 Å². The van der Waals surface area contributed by atoms with E-state index in [2.05, 4.69) is 20.8 Å². The van der Waals surface area contributed by atoms with Crippen molar-refractivity contribution < 1.29 is 28.9 Å². The van der Waals surface area contributed by atoms with Crippen molar-refractivity contribution in [2.45, 2.75) is 46.1 Å². The summed E-state index contributed by atoms with van der Waals surface area (Å²) < 4.78 is 15.6. The van der Waals surface area contributed by atoms with Crippen molar-refractivity contribution in [3.8, 4) is 11.5 Å². The van der Waals surface area contributed by atoms with E-state index in [9.17, 15) is 14.7 Å². The Morgan fingerprint density at radius 3 is 2.71 bits per heavy atom. The number of hydrogen-bond acceptors (Lipinski definition) is 6. The first-order valence-electron chi connectivity index (χ1n) is 9.71. The van der Waals surface area contributed by atoms with E-state index in [4.69, 9.17) is 14.2 Å². The van der Waals surface area contributed by atoms with E-state index in [1.54, 1.807) is 12.1 Å². The fraction of sp³-hybridized carbons (Fsp3) is 0.545. The minimum atomic E-state index is -0.638. The smallest absolute Gasteiger partial charge is 0.344 e. The molecule has 1 saturated carbocycles. The van der Waals surface area contributed by atoms with Gasteiger partial charge in [-0.05, 0) is 54.4 Å². The van der Waals surface area contributed by atoms with Gasteiger partial charge in [-0.1, -0.05) is 33.3 Å². The fourth-order valence-electron chi connectivity index (χ4n) is 3.59. The molecule has 6 nitrogen and oxygen atoms in total. The van der Waals surface area contributed by atoms with Gasteiger partial charge in [-0.3, -0.25) is 0 Å². The third-order valence-corrected chi connectivity index (χ3v) is 5.19. The van der Waals surface area contributed by atoms with E-state index in [1.165, 1.54) is 25.3 Å². The summed E-state index contributed by atoms with van der Waals surface area (Å²) in [4.78, 5) is 24.0. The lowest BCUT2D eigenvalue weighted by atomic mass is 9.75. The average molecular weight is 390 g/mol. The molecule has 28 heavy (non-hydrogen) atoms. The van der Waals surface area contributed by atoms with E-state index in [-0.39, 0.29) is 11.9 Å². The number of hydrogen-bond donors (Lipinski definition) is 1. The average Bonchev–Trinajstić information content (AvgIpc) is 2.65. The van der Waals surface area contributed by atoms with Gasteiger partial charge in [0.1, 0.15) is 6.10 Å². The predicted octanol–water partition coefficient (Wildman–Crippen LogP) is 3.96. The summed E-state index contributed by atoms with van der Waals surface area (Å²) in [6.45, 7) is 6.05. The molecule has 1 fully saturated rings. The standard InChI is InChI=1S/C22H30O6/c1-14(2)17-8-5-15(3)11-19(17)28-22(25)13-27-21(24)10-7-16-6-9-18(23)20(12-16)26-4/h6-7,9-10,12,14-15,17,19,23H,5,8,11,13H2,1-4H3/b10-7+/t15-,17-,19-/m1/s1. The lowest BCUT2D eigenvalue weighted by Gasteiger charge is -2.36. The Labute approximate surface area is 166 Å². The van der Waals surface area contributed by atoms with Crippen molar-refractivity contribution in [2.75, 3.05) is 13.7 Å². The van der Waals surface area contributed by atoms with Gasteiger partial charge in [0.05, 0.1) is 7.11 Å². The number of methoxy groups -OCH3 is 1. The Morgan fingerprint density at radius 1 is 1.29 bits per heavy atom. The lowest BCUT2D eigenvalue weighted by Crippen LogP contribution is -2.36. The largest absolute Gasteiger partial charge is 0.504 e. The molecule has 1 N–H and O–H groups in total. The molecular formula is C22H30O6. The monoisotopic (exact) mass is 390 g/mol. The number of carbonyl (C=O) groups is 2. The van der Waals surface area contributed by atoms with Gasteiger partial charge in [0.25, 0.3) is 0 Å². The Balaban J connectivity index is 1.84. The number of phenolic OH excluding ortho intramolecular Hbond substituents is 1. The molecule has 0 amide bonds. The molecule has 1 aromatic carbocycles. The number of benzene rings is 1. The van der Waals surface area contributed by atoms with Crippen LogP contribution in [-0.4, -0.2) is 36.9 Å². The van der Waals surface area contributed by atoms with E-state index >= 15 is 0 Å². The van der Waals surface area contributed by atoms with Crippen LogP contribution < -0.4 is 4.74 Å². The van der Waals surface area contributed by atoms with Crippen LogP contribution in [0.5, 0.6) is 11.5 Å². The predicted molar refractivity (Wildman–Crippen MR) is 106 cm³/mol. The van der Waals surface area contributed by atoms with Gasteiger partial charge in [-0.2, -0.15) is 0 Å². The Hall–Kier alpha value is -2.50. The van der Waals surface area contributed by atoms with Gasteiger partial charge in [-0.25, -0.2) is 9.59 Å². The van der Waals surface area contributed by atoms with Crippen LogP contribution in [0.3, 0.4) is 0 Å². The third-order valence-electron chi connectivity index (χ3n) is 5.19. The molecule has 1 aliphatic carbocycles. The summed E-state index contributed by atoms with van der Waals surface area (Å²) >= 11 is 0. The SMILES string of the molecule is COc1cc(/C=C/C(=O)OCC(=O)O[C@@H]2C[C@H](C)CC[C@@H]2C(C)C)ccc1O. The van der Waals surface area contributed by atoms with Crippen molar-refractivity contribution in [3.63, 3.8) is 0 Å². The van der Waals surface area contributed by atoms with Crippen LogP contribution in [0.2, 0.25) is 0 Å². The van der Waals surface area contributed by atoms with Crippen LogP contribution in [0, 0.1) is 17.8 Å². The van der Waals surface area contributed by atoms with Gasteiger partial charge in [-0.15, -0.1) is 0 Å². The van der Waals surface area contributed by atoms with Crippen LogP contribution in [0.1, 0.15) is 45.6 Å². The zero-order valence-corrected chi connectivity index (χ0v) is 17.0. The second-order valence-electron chi connectivity index (χ2n) is 7.73. The molecule has 154 valence electrons. The highest BCUT2D eigenvalue weighted by atomic mass is 16.6. The number of aromatic hydroxyl groups is 1. The van der Waals surface area contributed by atoms with E-state index < -0.39 is 18.5 Å². The minimum absolute atomic E-state index is 0.0155. The summed E-state index contributed by atoms with van der Waals surface area (Å²) in [6, 6.07) is 4.69. The molecular weight excluding hydrogens is 360 g/mol. The molecule has 1 aromatic rings. The topological polar surface area (TPSA) is 82.1 Å². The number of phenols is 1. The first-order valence-corrected chi connectivity index (χ1v) is 9.71. The third kappa shape index (κ3) is 6.29. The Morgan fingerprint density at radius 2 is 2.04 bits per heavy atom. The molecule has 6 heteroatoms. The molecule has 0 saturated heterocycles. The number of carbonyl (C=O) groups excluding carboxylic acids is 2.